The smallest absolute Gasteiger partial charge is 0.227 e. The molecule has 2 heterocycles. The normalized spacial score (nSPS) is 15.7. The molecule has 1 saturated heterocycles. The summed E-state index contributed by atoms with van der Waals surface area (Å²) in [5, 5.41) is 0.799. The van der Waals surface area contributed by atoms with Crippen molar-refractivity contribution in [3.8, 4) is 5.75 Å². The summed E-state index contributed by atoms with van der Waals surface area (Å²) in [7, 11) is 0. The molecule has 1 aliphatic heterocycles. The predicted molar refractivity (Wildman–Crippen MR) is 146 cm³/mol. The lowest BCUT2D eigenvalue weighted by atomic mass is 10.1. The molecule has 1 unspecified atom stereocenters. The van der Waals surface area contributed by atoms with Crippen LogP contribution in [-0.2, 0) is 11.3 Å². The van der Waals surface area contributed by atoms with Gasteiger partial charge < -0.3 is 14.2 Å². The third-order valence-corrected chi connectivity index (χ3v) is 7.63. The minimum atomic E-state index is 0.0702. The Balaban J connectivity index is 1.29. The topological polar surface area (TPSA) is 47.4 Å². The van der Waals surface area contributed by atoms with Crippen molar-refractivity contribution in [2.75, 3.05) is 18.1 Å². The number of aromatic nitrogens is 2. The molecule has 0 saturated carbocycles. The fourth-order valence-corrected chi connectivity index (χ4v) is 5.28. The van der Waals surface area contributed by atoms with Gasteiger partial charge in [-0.3, -0.25) is 4.79 Å². The summed E-state index contributed by atoms with van der Waals surface area (Å²) in [5.41, 5.74) is 6.29. The molecule has 0 bridgehead atoms. The first-order chi connectivity index (χ1) is 17.4. The van der Waals surface area contributed by atoms with Gasteiger partial charge in [0, 0.05) is 36.1 Å². The number of carbonyl (C=O) groups excluding carboxylic acids is 1. The van der Waals surface area contributed by atoms with Crippen LogP contribution in [0.1, 0.15) is 47.7 Å². The highest BCUT2D eigenvalue weighted by atomic mass is 35.5. The summed E-state index contributed by atoms with van der Waals surface area (Å²) in [6.45, 7) is 8.20. The molecule has 5 rings (SSSR count). The number of rotatable bonds is 8. The average Bonchev–Trinajstić information content (AvgIpc) is 3.43. The number of para-hydroxylation sites is 3. The van der Waals surface area contributed by atoms with Gasteiger partial charge in [0.2, 0.25) is 5.91 Å². The Kier molecular flexibility index (Phi) is 7.01. The van der Waals surface area contributed by atoms with Crippen molar-refractivity contribution in [2.45, 2.75) is 52.5 Å². The number of imidazole rings is 1. The summed E-state index contributed by atoms with van der Waals surface area (Å²) >= 11 is 6.28. The standard InChI is InChI=1S/C30H32ClN3O2/c1-20-10-4-6-12-26(20)34-19-23(18-28(34)35)30-32-25-11-5-7-13-27(25)33(30)14-8-9-15-36-24-16-21(2)29(31)22(3)17-24/h4-7,10-13,16-17,23H,8-9,14-15,18-19H2,1-3H3. The number of unbranched alkanes of at least 4 members (excludes halogenated alkanes) is 1. The van der Waals surface area contributed by atoms with Crippen LogP contribution in [0.4, 0.5) is 5.69 Å². The van der Waals surface area contributed by atoms with Crippen LogP contribution in [0.15, 0.2) is 60.7 Å². The van der Waals surface area contributed by atoms with Crippen molar-refractivity contribution in [1.29, 1.82) is 0 Å². The third-order valence-electron chi connectivity index (χ3n) is 7.04. The molecule has 4 aromatic rings. The molecular weight excluding hydrogens is 470 g/mol. The Morgan fingerprint density at radius 1 is 0.972 bits per heavy atom. The first kappa shape index (κ1) is 24.4. The van der Waals surface area contributed by atoms with E-state index in [9.17, 15) is 4.79 Å². The van der Waals surface area contributed by atoms with E-state index in [0.717, 1.165) is 69.4 Å². The van der Waals surface area contributed by atoms with Crippen LogP contribution in [0, 0.1) is 20.8 Å². The second kappa shape index (κ2) is 10.4. The molecule has 1 amide bonds. The van der Waals surface area contributed by atoms with E-state index in [0.29, 0.717) is 19.6 Å². The maximum atomic E-state index is 13.0. The lowest BCUT2D eigenvalue weighted by molar-refractivity contribution is -0.117. The number of nitrogens with zero attached hydrogens (tertiary/aromatic N) is 3. The van der Waals surface area contributed by atoms with Crippen molar-refractivity contribution in [3.63, 3.8) is 0 Å². The summed E-state index contributed by atoms with van der Waals surface area (Å²) in [5.74, 6) is 2.10. The van der Waals surface area contributed by atoms with E-state index in [4.69, 9.17) is 21.3 Å². The predicted octanol–water partition coefficient (Wildman–Crippen LogP) is 6.99. The van der Waals surface area contributed by atoms with Crippen LogP contribution in [0.3, 0.4) is 0 Å². The van der Waals surface area contributed by atoms with E-state index in [2.05, 4.69) is 35.8 Å². The van der Waals surface area contributed by atoms with Gasteiger partial charge in [0.1, 0.15) is 11.6 Å². The molecule has 0 aliphatic carbocycles. The number of anilines is 1. The maximum Gasteiger partial charge on any atom is 0.227 e. The molecule has 0 spiro atoms. The number of fused-ring (bicyclic) bond motifs is 1. The largest absolute Gasteiger partial charge is 0.494 e. The summed E-state index contributed by atoms with van der Waals surface area (Å²) in [4.78, 5) is 19.9. The van der Waals surface area contributed by atoms with Gasteiger partial charge in [0.05, 0.1) is 17.6 Å². The number of carbonyl (C=O) groups is 1. The van der Waals surface area contributed by atoms with Crippen molar-refractivity contribution in [1.82, 2.24) is 9.55 Å². The molecule has 5 nitrogen and oxygen atoms in total. The molecule has 3 aromatic carbocycles. The Labute approximate surface area is 217 Å². The van der Waals surface area contributed by atoms with E-state index in [1.54, 1.807) is 0 Å². The fraction of sp³-hybridized carbons (Fsp3) is 0.333. The van der Waals surface area contributed by atoms with Gasteiger partial charge in [-0.1, -0.05) is 41.9 Å². The van der Waals surface area contributed by atoms with Gasteiger partial charge in [0.25, 0.3) is 0 Å². The summed E-state index contributed by atoms with van der Waals surface area (Å²) in [6.07, 6.45) is 2.36. The molecule has 0 N–H and O–H groups in total. The van der Waals surface area contributed by atoms with Gasteiger partial charge in [-0.2, -0.15) is 0 Å². The number of hydrogen-bond donors (Lipinski definition) is 0. The van der Waals surface area contributed by atoms with Gasteiger partial charge >= 0.3 is 0 Å². The first-order valence-corrected chi connectivity index (χ1v) is 13.0. The fourth-order valence-electron chi connectivity index (χ4n) is 5.17. The first-order valence-electron chi connectivity index (χ1n) is 12.6. The minimum Gasteiger partial charge on any atom is -0.494 e. The Morgan fingerprint density at radius 3 is 2.47 bits per heavy atom. The van der Waals surface area contributed by atoms with E-state index >= 15 is 0 Å². The third kappa shape index (κ3) is 4.85. The van der Waals surface area contributed by atoms with E-state index < -0.39 is 0 Å². The van der Waals surface area contributed by atoms with Crippen LogP contribution in [0.25, 0.3) is 11.0 Å². The molecule has 36 heavy (non-hydrogen) atoms. The summed E-state index contributed by atoms with van der Waals surface area (Å²) in [6, 6.07) is 20.3. The van der Waals surface area contributed by atoms with Gasteiger partial charge in [-0.15, -0.1) is 0 Å². The second-order valence-corrected chi connectivity index (χ2v) is 10.1. The number of benzene rings is 3. The lowest BCUT2D eigenvalue weighted by Crippen LogP contribution is -2.25. The van der Waals surface area contributed by atoms with Crippen molar-refractivity contribution >= 4 is 34.2 Å². The Hall–Kier alpha value is -3.31. The number of amides is 1. The lowest BCUT2D eigenvalue weighted by Gasteiger charge is -2.19. The minimum absolute atomic E-state index is 0.0702. The molecule has 1 aliphatic rings. The SMILES string of the molecule is Cc1ccccc1N1CC(c2nc3ccccc3n2CCCCOc2cc(C)c(Cl)c(C)c2)CC1=O. The molecule has 0 radical (unpaired) electrons. The highest BCUT2D eigenvalue weighted by Gasteiger charge is 2.35. The van der Waals surface area contributed by atoms with Gasteiger partial charge in [-0.25, -0.2) is 4.98 Å². The molecular formula is C30H32ClN3O2. The van der Waals surface area contributed by atoms with Crippen LogP contribution in [0.2, 0.25) is 5.02 Å². The summed E-state index contributed by atoms with van der Waals surface area (Å²) < 4.78 is 8.32. The average molecular weight is 502 g/mol. The number of halogens is 1. The number of hydrogen-bond acceptors (Lipinski definition) is 3. The van der Waals surface area contributed by atoms with Crippen LogP contribution >= 0.6 is 11.6 Å². The number of ether oxygens (including phenoxy) is 1. The molecule has 1 atom stereocenters. The van der Waals surface area contributed by atoms with Crippen molar-refractivity contribution in [2.24, 2.45) is 0 Å². The quantitative estimate of drug-likeness (QED) is 0.244. The van der Waals surface area contributed by atoms with Crippen LogP contribution < -0.4 is 9.64 Å². The second-order valence-electron chi connectivity index (χ2n) is 9.73. The van der Waals surface area contributed by atoms with Crippen molar-refractivity contribution in [3.05, 3.63) is 88.2 Å². The van der Waals surface area contributed by atoms with Gasteiger partial charge in [0.15, 0.2) is 0 Å². The Bertz CT molecular complexity index is 1390. The van der Waals surface area contributed by atoms with E-state index in [1.807, 2.05) is 55.1 Å². The molecule has 186 valence electrons. The molecule has 6 heteroatoms. The molecule has 1 aromatic heterocycles. The van der Waals surface area contributed by atoms with Crippen molar-refractivity contribution < 1.29 is 9.53 Å². The van der Waals surface area contributed by atoms with E-state index in [-0.39, 0.29) is 11.8 Å². The zero-order valence-corrected chi connectivity index (χ0v) is 21.9. The highest BCUT2D eigenvalue weighted by molar-refractivity contribution is 6.32. The van der Waals surface area contributed by atoms with Crippen LogP contribution in [0.5, 0.6) is 5.75 Å². The highest BCUT2D eigenvalue weighted by Crippen LogP contribution is 2.34. The zero-order chi connectivity index (χ0) is 25.2. The zero-order valence-electron chi connectivity index (χ0n) is 21.1. The molecule has 1 fully saturated rings. The van der Waals surface area contributed by atoms with E-state index in [1.165, 1.54) is 0 Å². The Morgan fingerprint density at radius 2 is 1.69 bits per heavy atom. The van der Waals surface area contributed by atoms with Gasteiger partial charge in [-0.05, 0) is 80.6 Å². The van der Waals surface area contributed by atoms with Crippen LogP contribution in [-0.4, -0.2) is 28.6 Å². The monoisotopic (exact) mass is 501 g/mol. The number of aryl methyl sites for hydroxylation is 4. The maximum absolute atomic E-state index is 13.0.